The molecule has 0 saturated carbocycles. The van der Waals surface area contributed by atoms with Crippen LogP contribution in [0.25, 0.3) is 0 Å². The number of methoxy groups -OCH3 is 1. The lowest BCUT2D eigenvalue weighted by Gasteiger charge is -2.26. The zero-order valence-electron chi connectivity index (χ0n) is 14.4. The molecule has 5 nitrogen and oxygen atoms in total. The Balaban J connectivity index is 1.60. The van der Waals surface area contributed by atoms with E-state index >= 15 is 0 Å². The average Bonchev–Trinajstić information content (AvgIpc) is 3.01. The van der Waals surface area contributed by atoms with Gasteiger partial charge >= 0.3 is 0 Å². The highest BCUT2D eigenvalue weighted by Gasteiger charge is 2.33. The fraction of sp³-hybridized carbons (Fsp3) is 0.300. The summed E-state index contributed by atoms with van der Waals surface area (Å²) >= 11 is 0. The van der Waals surface area contributed by atoms with Crippen LogP contribution in [0.5, 0.6) is 5.75 Å². The number of benzene rings is 2. The van der Waals surface area contributed by atoms with E-state index in [0.29, 0.717) is 31.8 Å². The van der Waals surface area contributed by atoms with Crippen LogP contribution in [0.3, 0.4) is 0 Å². The first-order valence-corrected chi connectivity index (χ1v) is 8.46. The van der Waals surface area contributed by atoms with Gasteiger partial charge in [-0.25, -0.2) is 0 Å². The van der Waals surface area contributed by atoms with E-state index in [4.69, 9.17) is 10.1 Å². The summed E-state index contributed by atoms with van der Waals surface area (Å²) in [4.78, 5) is 14.0. The number of amidine groups is 1. The molecule has 1 aliphatic rings. The molecular weight excluding hydrogens is 314 g/mol. The van der Waals surface area contributed by atoms with Crippen LogP contribution in [-0.4, -0.2) is 29.8 Å². The second-order valence-corrected chi connectivity index (χ2v) is 6.18. The van der Waals surface area contributed by atoms with Crippen molar-refractivity contribution in [3.05, 3.63) is 65.7 Å². The Hall–Kier alpha value is -2.82. The van der Waals surface area contributed by atoms with Crippen molar-refractivity contribution in [2.45, 2.75) is 32.0 Å². The first-order valence-electron chi connectivity index (χ1n) is 8.46. The summed E-state index contributed by atoms with van der Waals surface area (Å²) in [5.74, 6) is 1.33. The summed E-state index contributed by atoms with van der Waals surface area (Å²) in [5, 5.41) is 11.5. The van der Waals surface area contributed by atoms with E-state index in [9.17, 15) is 4.79 Å². The number of rotatable bonds is 6. The molecule has 5 heteroatoms. The van der Waals surface area contributed by atoms with Gasteiger partial charge in [0.25, 0.3) is 0 Å². The first kappa shape index (κ1) is 17.0. The zero-order chi connectivity index (χ0) is 17.6. The van der Waals surface area contributed by atoms with Crippen LogP contribution < -0.4 is 10.1 Å². The minimum absolute atomic E-state index is 0.116. The van der Waals surface area contributed by atoms with E-state index in [1.165, 1.54) is 0 Å². The number of nitrogens with one attached hydrogen (secondary N) is 2. The summed E-state index contributed by atoms with van der Waals surface area (Å²) in [5.41, 5.74) is 2.16. The number of carbonyl (C=O) groups excluding carboxylic acids is 1. The van der Waals surface area contributed by atoms with Crippen molar-refractivity contribution < 1.29 is 9.53 Å². The van der Waals surface area contributed by atoms with Gasteiger partial charge in [0.15, 0.2) is 0 Å². The number of hydrogen-bond acceptors (Lipinski definition) is 3. The highest BCUT2D eigenvalue weighted by atomic mass is 16.5. The second-order valence-electron chi connectivity index (χ2n) is 6.18. The molecule has 1 heterocycles. The van der Waals surface area contributed by atoms with Crippen LogP contribution in [0.15, 0.2) is 54.6 Å². The molecule has 25 heavy (non-hydrogen) atoms. The van der Waals surface area contributed by atoms with Crippen LogP contribution in [-0.2, 0) is 17.9 Å². The Morgan fingerprint density at radius 3 is 2.56 bits per heavy atom. The van der Waals surface area contributed by atoms with Crippen LogP contribution >= 0.6 is 0 Å². The Labute approximate surface area is 148 Å². The van der Waals surface area contributed by atoms with Gasteiger partial charge in [0.2, 0.25) is 5.91 Å². The molecule has 2 N–H and O–H groups in total. The highest BCUT2D eigenvalue weighted by molar-refractivity contribution is 5.92. The van der Waals surface area contributed by atoms with E-state index in [0.717, 1.165) is 16.9 Å². The molecule has 3 rings (SSSR count). The van der Waals surface area contributed by atoms with Crippen LogP contribution in [0.1, 0.15) is 24.0 Å². The van der Waals surface area contributed by atoms with Crippen LogP contribution in [0.4, 0.5) is 0 Å². The molecule has 1 aliphatic heterocycles. The summed E-state index contributed by atoms with van der Waals surface area (Å²) in [6.07, 6.45) is 1.20. The molecule has 0 unspecified atom stereocenters. The third-order valence-electron chi connectivity index (χ3n) is 4.50. The van der Waals surface area contributed by atoms with Gasteiger partial charge in [-0.15, -0.1) is 0 Å². The lowest BCUT2D eigenvalue weighted by Crippen LogP contribution is -2.43. The smallest absolute Gasteiger partial charge is 0.223 e. The summed E-state index contributed by atoms with van der Waals surface area (Å²) in [6.45, 7) is 1.11. The second kappa shape index (κ2) is 7.83. The van der Waals surface area contributed by atoms with Gasteiger partial charge in [-0.3, -0.25) is 10.2 Å². The van der Waals surface area contributed by atoms with Crippen molar-refractivity contribution in [3.8, 4) is 5.75 Å². The number of likely N-dealkylation sites (tertiary alicyclic amines) is 1. The zero-order valence-corrected chi connectivity index (χ0v) is 14.4. The Kier molecular flexibility index (Phi) is 5.33. The van der Waals surface area contributed by atoms with Gasteiger partial charge in [-0.05, 0) is 29.7 Å². The highest BCUT2D eigenvalue weighted by Crippen LogP contribution is 2.22. The molecule has 0 bridgehead atoms. The van der Waals surface area contributed by atoms with E-state index in [2.05, 4.69) is 5.32 Å². The predicted octanol–water partition coefficient (Wildman–Crippen LogP) is 2.95. The fourth-order valence-corrected chi connectivity index (χ4v) is 3.07. The summed E-state index contributed by atoms with van der Waals surface area (Å²) in [7, 11) is 1.64. The van der Waals surface area contributed by atoms with Gasteiger partial charge in [-0.1, -0.05) is 42.5 Å². The standard InChI is InChI=1S/C20H23N3O2/c1-25-17-9-7-15(8-10-17)13-22-20(21)18-11-12-19(24)23(18)14-16-5-3-2-4-6-16/h2-10,18H,11-14H2,1H3,(H2,21,22)/t18-/m0/s1. The van der Waals surface area contributed by atoms with Gasteiger partial charge < -0.3 is 15.0 Å². The van der Waals surface area contributed by atoms with Gasteiger partial charge in [-0.2, -0.15) is 0 Å². The average molecular weight is 337 g/mol. The number of carbonyl (C=O) groups is 1. The normalized spacial score (nSPS) is 16.8. The maximum Gasteiger partial charge on any atom is 0.223 e. The minimum Gasteiger partial charge on any atom is -0.497 e. The van der Waals surface area contributed by atoms with Gasteiger partial charge in [0.1, 0.15) is 11.6 Å². The third-order valence-corrected chi connectivity index (χ3v) is 4.50. The maximum atomic E-state index is 12.2. The van der Waals surface area contributed by atoms with Gasteiger partial charge in [0.05, 0.1) is 13.2 Å². The molecule has 2 aromatic carbocycles. The molecule has 0 aliphatic carbocycles. The molecule has 0 radical (unpaired) electrons. The van der Waals surface area contributed by atoms with Crippen LogP contribution in [0.2, 0.25) is 0 Å². The topological polar surface area (TPSA) is 65.4 Å². The van der Waals surface area contributed by atoms with E-state index in [-0.39, 0.29) is 11.9 Å². The van der Waals surface area contributed by atoms with Crippen molar-refractivity contribution in [3.63, 3.8) is 0 Å². The number of ether oxygens (including phenoxy) is 1. The number of nitrogens with zero attached hydrogens (tertiary/aromatic N) is 1. The molecule has 2 aromatic rings. The fourth-order valence-electron chi connectivity index (χ4n) is 3.07. The summed E-state index contributed by atoms with van der Waals surface area (Å²) < 4.78 is 5.15. The molecule has 1 amide bonds. The van der Waals surface area contributed by atoms with Crippen molar-refractivity contribution in [2.75, 3.05) is 7.11 Å². The van der Waals surface area contributed by atoms with Crippen molar-refractivity contribution in [1.29, 1.82) is 5.41 Å². The lowest BCUT2D eigenvalue weighted by atomic mass is 10.1. The minimum atomic E-state index is -0.175. The Bertz CT molecular complexity index is 728. The Morgan fingerprint density at radius 2 is 1.88 bits per heavy atom. The molecule has 1 atom stereocenters. The summed E-state index contributed by atoms with van der Waals surface area (Å²) in [6, 6.07) is 17.5. The molecular formula is C20H23N3O2. The van der Waals surface area contributed by atoms with E-state index < -0.39 is 0 Å². The van der Waals surface area contributed by atoms with E-state index in [1.54, 1.807) is 12.0 Å². The third kappa shape index (κ3) is 4.18. The number of hydrogen-bond donors (Lipinski definition) is 2. The number of amides is 1. The first-order chi connectivity index (χ1) is 12.2. The van der Waals surface area contributed by atoms with Crippen molar-refractivity contribution >= 4 is 11.7 Å². The Morgan fingerprint density at radius 1 is 1.16 bits per heavy atom. The SMILES string of the molecule is COc1ccc(CNC(=N)[C@@H]2CCC(=O)N2Cc2ccccc2)cc1. The largest absolute Gasteiger partial charge is 0.497 e. The maximum absolute atomic E-state index is 12.2. The van der Waals surface area contributed by atoms with Crippen LogP contribution in [0, 0.1) is 5.41 Å². The van der Waals surface area contributed by atoms with Crippen molar-refractivity contribution in [2.24, 2.45) is 0 Å². The molecule has 1 saturated heterocycles. The van der Waals surface area contributed by atoms with E-state index in [1.807, 2.05) is 54.6 Å². The predicted molar refractivity (Wildman–Crippen MR) is 97.6 cm³/mol. The van der Waals surface area contributed by atoms with Crippen molar-refractivity contribution in [1.82, 2.24) is 10.2 Å². The van der Waals surface area contributed by atoms with Gasteiger partial charge in [0, 0.05) is 19.5 Å². The molecule has 0 aromatic heterocycles. The molecule has 130 valence electrons. The molecule has 0 spiro atoms. The molecule has 1 fully saturated rings. The lowest BCUT2D eigenvalue weighted by molar-refractivity contribution is -0.128. The quantitative estimate of drug-likeness (QED) is 0.629. The monoisotopic (exact) mass is 337 g/mol.